The molecule has 1 atom stereocenters. The van der Waals surface area contributed by atoms with Crippen molar-refractivity contribution in [3.05, 3.63) is 35.4 Å². The van der Waals surface area contributed by atoms with Gasteiger partial charge in [-0.1, -0.05) is 12.1 Å². The Balaban J connectivity index is 2.00. The smallest absolute Gasteiger partial charge is 0.303 e. The van der Waals surface area contributed by atoms with Gasteiger partial charge in [0.1, 0.15) is 12.7 Å². The molecule has 0 saturated carbocycles. The molecule has 0 radical (unpaired) electrons. The minimum Gasteiger partial charge on any atom is -0.462 e. The van der Waals surface area contributed by atoms with Crippen molar-refractivity contribution >= 4 is 35.7 Å². The average Bonchev–Trinajstić information content (AvgIpc) is 2.74. The molecule has 1 aliphatic rings. The standard InChI is InChI=1S/C15H15NO6S/c1-9(17)21-7-11(22-10(2)18)8-23-16-14(19)12-5-3-4-6-13(12)15(16)20/h3-6,11H,7-8H2,1-2H3. The van der Waals surface area contributed by atoms with E-state index in [9.17, 15) is 19.2 Å². The van der Waals surface area contributed by atoms with Crippen molar-refractivity contribution < 1.29 is 28.7 Å². The highest BCUT2D eigenvalue weighted by Gasteiger charge is 2.36. The predicted octanol–water partition coefficient (Wildman–Crippen LogP) is 1.43. The van der Waals surface area contributed by atoms with Gasteiger partial charge < -0.3 is 9.47 Å². The van der Waals surface area contributed by atoms with Crippen LogP contribution in [-0.2, 0) is 19.1 Å². The second-order valence-corrected chi connectivity index (χ2v) is 5.74. The van der Waals surface area contributed by atoms with E-state index in [1.807, 2.05) is 0 Å². The van der Waals surface area contributed by atoms with Gasteiger partial charge in [-0.15, -0.1) is 0 Å². The molecule has 23 heavy (non-hydrogen) atoms. The molecular weight excluding hydrogens is 322 g/mol. The van der Waals surface area contributed by atoms with E-state index in [0.29, 0.717) is 11.1 Å². The number of fused-ring (bicyclic) bond motifs is 1. The van der Waals surface area contributed by atoms with Crippen molar-refractivity contribution in [2.75, 3.05) is 12.4 Å². The molecule has 1 heterocycles. The van der Waals surface area contributed by atoms with Crippen LogP contribution in [0, 0.1) is 0 Å². The molecule has 0 N–H and O–H groups in total. The van der Waals surface area contributed by atoms with Gasteiger partial charge in [0.15, 0.2) is 0 Å². The van der Waals surface area contributed by atoms with Crippen molar-refractivity contribution in [3.63, 3.8) is 0 Å². The van der Waals surface area contributed by atoms with Crippen LogP contribution in [0.4, 0.5) is 0 Å². The Kier molecular flexibility index (Phi) is 5.38. The zero-order chi connectivity index (χ0) is 17.0. The van der Waals surface area contributed by atoms with Gasteiger partial charge in [0.2, 0.25) is 0 Å². The number of nitrogens with zero attached hydrogens (tertiary/aromatic N) is 1. The molecule has 1 aromatic carbocycles. The normalized spacial score (nSPS) is 14.4. The van der Waals surface area contributed by atoms with E-state index in [2.05, 4.69) is 0 Å². The quantitative estimate of drug-likeness (QED) is 0.440. The number of carbonyl (C=O) groups excluding carboxylic acids is 4. The third-order valence-corrected chi connectivity index (χ3v) is 4.06. The Morgan fingerprint density at radius 1 is 1.09 bits per heavy atom. The molecular formula is C15H15NO6S. The average molecular weight is 337 g/mol. The van der Waals surface area contributed by atoms with Gasteiger partial charge in [0.25, 0.3) is 11.8 Å². The fraction of sp³-hybridized carbons (Fsp3) is 0.333. The van der Waals surface area contributed by atoms with Crippen molar-refractivity contribution in [1.29, 1.82) is 0 Å². The third-order valence-electron chi connectivity index (χ3n) is 2.95. The minimum absolute atomic E-state index is 0.109. The van der Waals surface area contributed by atoms with Gasteiger partial charge in [0.05, 0.1) is 16.9 Å². The number of esters is 2. The summed E-state index contributed by atoms with van der Waals surface area (Å²) in [5, 5.41) is 0. The summed E-state index contributed by atoms with van der Waals surface area (Å²) >= 11 is 0.924. The summed E-state index contributed by atoms with van der Waals surface area (Å²) in [6.07, 6.45) is -0.745. The largest absolute Gasteiger partial charge is 0.462 e. The molecule has 2 amide bonds. The molecule has 1 aromatic rings. The summed E-state index contributed by atoms with van der Waals surface area (Å²) in [6, 6.07) is 6.53. The zero-order valence-corrected chi connectivity index (χ0v) is 13.4. The Morgan fingerprint density at radius 2 is 1.65 bits per heavy atom. The summed E-state index contributed by atoms with van der Waals surface area (Å²) in [7, 11) is 0. The minimum atomic E-state index is -0.745. The van der Waals surface area contributed by atoms with Crippen LogP contribution >= 0.6 is 11.9 Å². The first kappa shape index (κ1) is 17.0. The molecule has 8 heteroatoms. The van der Waals surface area contributed by atoms with E-state index < -0.39 is 29.9 Å². The van der Waals surface area contributed by atoms with E-state index in [1.165, 1.54) is 13.8 Å². The van der Waals surface area contributed by atoms with Crippen LogP contribution in [0.25, 0.3) is 0 Å². The van der Waals surface area contributed by atoms with Crippen molar-refractivity contribution in [1.82, 2.24) is 4.31 Å². The number of carbonyl (C=O) groups is 4. The maximum Gasteiger partial charge on any atom is 0.303 e. The SMILES string of the molecule is CC(=O)OCC(CSN1C(=O)c2ccccc2C1=O)OC(C)=O. The lowest BCUT2D eigenvalue weighted by Gasteiger charge is -2.19. The van der Waals surface area contributed by atoms with Crippen molar-refractivity contribution in [3.8, 4) is 0 Å². The van der Waals surface area contributed by atoms with Crippen molar-refractivity contribution in [2.45, 2.75) is 20.0 Å². The lowest BCUT2D eigenvalue weighted by molar-refractivity contribution is -0.154. The Labute approximate surface area is 137 Å². The van der Waals surface area contributed by atoms with Gasteiger partial charge in [0, 0.05) is 13.8 Å². The van der Waals surface area contributed by atoms with E-state index in [1.54, 1.807) is 24.3 Å². The highest BCUT2D eigenvalue weighted by atomic mass is 32.2. The van der Waals surface area contributed by atoms with Crippen LogP contribution < -0.4 is 0 Å². The van der Waals surface area contributed by atoms with Gasteiger partial charge in [-0.2, -0.15) is 0 Å². The van der Waals surface area contributed by atoms with Gasteiger partial charge in [-0.05, 0) is 24.1 Å². The number of imide groups is 1. The maximum absolute atomic E-state index is 12.2. The second kappa shape index (κ2) is 7.28. The van der Waals surface area contributed by atoms with Crippen LogP contribution in [0.2, 0.25) is 0 Å². The van der Waals surface area contributed by atoms with Crippen LogP contribution in [0.5, 0.6) is 0 Å². The number of hydrogen-bond donors (Lipinski definition) is 0. The van der Waals surface area contributed by atoms with Gasteiger partial charge in [-0.25, -0.2) is 4.31 Å². The van der Waals surface area contributed by atoms with E-state index in [-0.39, 0.29) is 12.4 Å². The molecule has 0 aromatic heterocycles. The molecule has 1 unspecified atom stereocenters. The highest BCUT2D eigenvalue weighted by molar-refractivity contribution is 7.98. The summed E-state index contributed by atoms with van der Waals surface area (Å²) in [6.45, 7) is 2.33. The molecule has 7 nitrogen and oxygen atoms in total. The molecule has 2 rings (SSSR count). The summed E-state index contributed by atoms with van der Waals surface area (Å²) in [5.41, 5.74) is 0.683. The van der Waals surface area contributed by atoms with E-state index >= 15 is 0 Å². The van der Waals surface area contributed by atoms with E-state index in [4.69, 9.17) is 9.47 Å². The molecule has 0 spiro atoms. The van der Waals surface area contributed by atoms with Crippen molar-refractivity contribution in [2.24, 2.45) is 0 Å². The Morgan fingerprint density at radius 3 is 2.13 bits per heavy atom. The lowest BCUT2D eigenvalue weighted by atomic mass is 10.1. The van der Waals surface area contributed by atoms with Crippen LogP contribution in [-0.4, -0.2) is 46.5 Å². The Hall–Kier alpha value is -2.35. The molecule has 122 valence electrons. The molecule has 0 fully saturated rings. The predicted molar refractivity (Wildman–Crippen MR) is 81.6 cm³/mol. The maximum atomic E-state index is 12.2. The fourth-order valence-corrected chi connectivity index (χ4v) is 2.91. The molecule has 0 bridgehead atoms. The molecule has 1 aliphatic heterocycles. The van der Waals surface area contributed by atoms with Crippen LogP contribution in [0.15, 0.2) is 24.3 Å². The first-order chi connectivity index (χ1) is 10.9. The number of hydrogen-bond acceptors (Lipinski definition) is 7. The van der Waals surface area contributed by atoms with Gasteiger partial charge >= 0.3 is 11.9 Å². The summed E-state index contributed by atoms with van der Waals surface area (Å²) < 4.78 is 10.9. The highest BCUT2D eigenvalue weighted by Crippen LogP contribution is 2.28. The number of benzene rings is 1. The van der Waals surface area contributed by atoms with E-state index in [0.717, 1.165) is 16.3 Å². The molecule has 0 aliphatic carbocycles. The topological polar surface area (TPSA) is 90.0 Å². The summed E-state index contributed by atoms with van der Waals surface area (Å²) in [5.74, 6) is -1.76. The third kappa shape index (κ3) is 4.10. The number of ether oxygens (including phenoxy) is 2. The van der Waals surface area contributed by atoms with Crippen LogP contribution in [0.3, 0.4) is 0 Å². The lowest BCUT2D eigenvalue weighted by Crippen LogP contribution is -2.30. The monoisotopic (exact) mass is 337 g/mol. The van der Waals surface area contributed by atoms with Gasteiger partial charge in [-0.3, -0.25) is 19.2 Å². The molecule has 0 saturated heterocycles. The first-order valence-corrected chi connectivity index (χ1v) is 7.75. The number of amides is 2. The number of rotatable bonds is 6. The second-order valence-electron chi connectivity index (χ2n) is 4.78. The van der Waals surface area contributed by atoms with Crippen LogP contribution in [0.1, 0.15) is 34.6 Å². The summed E-state index contributed by atoms with van der Waals surface area (Å²) in [4.78, 5) is 46.3. The first-order valence-electron chi connectivity index (χ1n) is 6.81. The fourth-order valence-electron chi connectivity index (χ4n) is 2.00. The zero-order valence-electron chi connectivity index (χ0n) is 12.6. The Bertz CT molecular complexity index is 624.